The highest BCUT2D eigenvalue weighted by atomic mass is 32.2. The van der Waals surface area contributed by atoms with Crippen LogP contribution >= 0.6 is 11.8 Å². The SMILES string of the molecule is C1=NC(OCCCCc2ccccc2)SC1. The number of aryl methyl sites for hydroxylation is 1. The van der Waals surface area contributed by atoms with E-state index < -0.39 is 0 Å². The van der Waals surface area contributed by atoms with E-state index in [0.717, 1.165) is 25.2 Å². The summed E-state index contributed by atoms with van der Waals surface area (Å²) < 4.78 is 5.61. The lowest BCUT2D eigenvalue weighted by Gasteiger charge is -2.07. The summed E-state index contributed by atoms with van der Waals surface area (Å²) in [6.07, 6.45) is 5.37. The van der Waals surface area contributed by atoms with E-state index in [4.69, 9.17) is 4.74 Å². The third kappa shape index (κ3) is 3.99. The van der Waals surface area contributed by atoms with Crippen molar-refractivity contribution < 1.29 is 4.74 Å². The Balaban J connectivity index is 1.53. The van der Waals surface area contributed by atoms with Gasteiger partial charge in [0.15, 0.2) is 5.56 Å². The molecule has 0 N–H and O–H groups in total. The van der Waals surface area contributed by atoms with Crippen LogP contribution in [0.15, 0.2) is 35.3 Å². The maximum Gasteiger partial charge on any atom is 0.196 e. The van der Waals surface area contributed by atoms with Gasteiger partial charge in [0, 0.05) is 12.0 Å². The second kappa shape index (κ2) is 6.71. The highest BCUT2D eigenvalue weighted by Crippen LogP contribution is 2.18. The Hall–Kier alpha value is -0.800. The predicted octanol–water partition coefficient (Wildman–Crippen LogP) is 3.13. The van der Waals surface area contributed by atoms with Crippen LogP contribution in [0.2, 0.25) is 0 Å². The minimum absolute atomic E-state index is 0.0664. The van der Waals surface area contributed by atoms with E-state index in [9.17, 15) is 0 Å². The zero-order valence-corrected chi connectivity index (χ0v) is 10.2. The summed E-state index contributed by atoms with van der Waals surface area (Å²) >= 11 is 1.75. The van der Waals surface area contributed by atoms with Crippen molar-refractivity contribution in [1.29, 1.82) is 0 Å². The molecular weight excluding hydrogens is 218 g/mol. The number of ether oxygens (including phenoxy) is 1. The smallest absolute Gasteiger partial charge is 0.196 e. The fraction of sp³-hybridized carbons (Fsp3) is 0.462. The monoisotopic (exact) mass is 235 g/mol. The quantitative estimate of drug-likeness (QED) is 0.707. The summed E-state index contributed by atoms with van der Waals surface area (Å²) in [6, 6.07) is 10.6. The molecule has 1 atom stereocenters. The van der Waals surface area contributed by atoms with Crippen molar-refractivity contribution >= 4 is 18.0 Å². The molecule has 86 valence electrons. The minimum atomic E-state index is 0.0664. The van der Waals surface area contributed by atoms with E-state index >= 15 is 0 Å². The van der Waals surface area contributed by atoms with Crippen LogP contribution in [0.4, 0.5) is 0 Å². The molecule has 2 nitrogen and oxygen atoms in total. The van der Waals surface area contributed by atoms with Crippen LogP contribution in [0, 0.1) is 0 Å². The molecule has 0 amide bonds. The molecule has 0 saturated carbocycles. The molecule has 0 spiro atoms. The van der Waals surface area contributed by atoms with Gasteiger partial charge in [-0.3, -0.25) is 4.99 Å². The van der Waals surface area contributed by atoms with Crippen LogP contribution in [0.25, 0.3) is 0 Å². The van der Waals surface area contributed by atoms with Crippen LogP contribution in [-0.4, -0.2) is 24.1 Å². The molecule has 0 aliphatic carbocycles. The van der Waals surface area contributed by atoms with Crippen molar-refractivity contribution in [3.63, 3.8) is 0 Å². The summed E-state index contributed by atoms with van der Waals surface area (Å²) in [4.78, 5) is 4.21. The van der Waals surface area contributed by atoms with Gasteiger partial charge < -0.3 is 4.74 Å². The average molecular weight is 235 g/mol. The Kier molecular flexibility index (Phi) is 4.90. The molecule has 1 aromatic carbocycles. The minimum Gasteiger partial charge on any atom is -0.347 e. The first-order chi connectivity index (χ1) is 7.95. The van der Waals surface area contributed by atoms with Crippen molar-refractivity contribution in [2.75, 3.05) is 12.4 Å². The van der Waals surface area contributed by atoms with Crippen molar-refractivity contribution in [3.8, 4) is 0 Å². The zero-order valence-electron chi connectivity index (χ0n) is 9.34. The lowest BCUT2D eigenvalue weighted by atomic mass is 10.1. The standard InChI is InChI=1S/C13H17NOS/c1-2-6-12(7-3-1)8-4-5-10-15-13-14-9-11-16-13/h1-3,6-7,9,13H,4-5,8,10-11H2. The summed E-state index contributed by atoms with van der Waals surface area (Å²) in [5.41, 5.74) is 1.48. The van der Waals surface area contributed by atoms with Crippen LogP contribution in [-0.2, 0) is 11.2 Å². The molecule has 0 saturated heterocycles. The summed E-state index contributed by atoms with van der Waals surface area (Å²) in [6.45, 7) is 0.821. The molecule has 3 heteroatoms. The molecule has 1 aromatic rings. The number of unbranched alkanes of at least 4 members (excludes halogenated alkanes) is 1. The normalized spacial score (nSPS) is 19.1. The zero-order chi connectivity index (χ0) is 11.1. The molecule has 0 radical (unpaired) electrons. The molecule has 1 heterocycles. The van der Waals surface area contributed by atoms with Gasteiger partial charge in [-0.05, 0) is 24.8 Å². The molecule has 0 aromatic heterocycles. The van der Waals surface area contributed by atoms with Gasteiger partial charge in [0.25, 0.3) is 0 Å². The van der Waals surface area contributed by atoms with E-state index in [0.29, 0.717) is 0 Å². The highest BCUT2D eigenvalue weighted by molar-refractivity contribution is 8.00. The second-order valence-electron chi connectivity index (χ2n) is 3.79. The van der Waals surface area contributed by atoms with E-state index in [1.807, 2.05) is 6.21 Å². The maximum atomic E-state index is 5.61. The molecule has 0 fully saturated rings. The lowest BCUT2D eigenvalue weighted by Crippen LogP contribution is -2.04. The number of thioether (sulfide) groups is 1. The first-order valence-corrected chi connectivity index (χ1v) is 6.79. The number of nitrogens with zero attached hydrogens (tertiary/aromatic N) is 1. The molecule has 1 unspecified atom stereocenters. The molecule has 0 bridgehead atoms. The van der Waals surface area contributed by atoms with Gasteiger partial charge in [-0.15, -0.1) is 11.8 Å². The largest absolute Gasteiger partial charge is 0.347 e. The Labute approximate surface area is 101 Å². The first-order valence-electron chi connectivity index (χ1n) is 5.74. The highest BCUT2D eigenvalue weighted by Gasteiger charge is 2.09. The van der Waals surface area contributed by atoms with Gasteiger partial charge in [-0.1, -0.05) is 30.3 Å². The molecule has 2 rings (SSSR count). The fourth-order valence-electron chi connectivity index (χ4n) is 1.65. The molecular formula is C13H17NOS. The average Bonchev–Trinajstić information content (AvgIpc) is 2.83. The summed E-state index contributed by atoms with van der Waals surface area (Å²) in [5, 5.41) is 0. The molecule has 1 aliphatic heterocycles. The van der Waals surface area contributed by atoms with E-state index in [2.05, 4.69) is 35.3 Å². The van der Waals surface area contributed by atoms with E-state index in [-0.39, 0.29) is 5.56 Å². The fourth-order valence-corrected chi connectivity index (χ4v) is 2.35. The van der Waals surface area contributed by atoms with Crippen LogP contribution in [0.3, 0.4) is 0 Å². The van der Waals surface area contributed by atoms with Gasteiger partial charge in [0.2, 0.25) is 0 Å². The van der Waals surface area contributed by atoms with E-state index in [1.165, 1.54) is 12.0 Å². The van der Waals surface area contributed by atoms with Crippen molar-refractivity contribution in [2.45, 2.75) is 24.8 Å². The number of aliphatic imine (C=N–C) groups is 1. The Morgan fingerprint density at radius 2 is 2.12 bits per heavy atom. The maximum absolute atomic E-state index is 5.61. The van der Waals surface area contributed by atoms with Crippen molar-refractivity contribution in [3.05, 3.63) is 35.9 Å². The number of hydrogen-bond acceptors (Lipinski definition) is 3. The van der Waals surface area contributed by atoms with Crippen LogP contribution in [0.5, 0.6) is 0 Å². The van der Waals surface area contributed by atoms with Gasteiger partial charge in [0.05, 0.1) is 6.61 Å². The summed E-state index contributed by atoms with van der Waals surface area (Å²) in [7, 11) is 0. The Morgan fingerprint density at radius 1 is 1.25 bits per heavy atom. The van der Waals surface area contributed by atoms with Gasteiger partial charge in [0.1, 0.15) is 0 Å². The number of benzene rings is 1. The topological polar surface area (TPSA) is 21.6 Å². The van der Waals surface area contributed by atoms with Gasteiger partial charge in [-0.25, -0.2) is 0 Å². The first kappa shape index (κ1) is 11.7. The summed E-state index contributed by atoms with van der Waals surface area (Å²) in [5.74, 6) is 0.995. The lowest BCUT2D eigenvalue weighted by molar-refractivity contribution is 0.116. The Bertz CT molecular complexity index is 326. The third-order valence-corrected chi connectivity index (χ3v) is 3.39. The second-order valence-corrected chi connectivity index (χ2v) is 4.86. The van der Waals surface area contributed by atoms with Gasteiger partial charge in [-0.2, -0.15) is 0 Å². The van der Waals surface area contributed by atoms with Gasteiger partial charge >= 0.3 is 0 Å². The molecule has 1 aliphatic rings. The predicted molar refractivity (Wildman–Crippen MR) is 70.1 cm³/mol. The van der Waals surface area contributed by atoms with E-state index in [1.54, 1.807) is 11.8 Å². The molecule has 16 heavy (non-hydrogen) atoms. The van der Waals surface area contributed by atoms with Crippen molar-refractivity contribution in [1.82, 2.24) is 0 Å². The third-order valence-electron chi connectivity index (χ3n) is 2.50. The number of rotatable bonds is 6. The van der Waals surface area contributed by atoms with Crippen LogP contribution in [0.1, 0.15) is 18.4 Å². The van der Waals surface area contributed by atoms with Crippen LogP contribution < -0.4 is 0 Å². The Morgan fingerprint density at radius 3 is 2.88 bits per heavy atom. The number of hydrogen-bond donors (Lipinski definition) is 0. The van der Waals surface area contributed by atoms with Crippen molar-refractivity contribution in [2.24, 2.45) is 4.99 Å².